The van der Waals surface area contributed by atoms with E-state index in [1.165, 1.54) is 11.1 Å². The molecule has 3 aromatic carbocycles. The largest absolute Gasteiger partial charge is 0.491 e. The van der Waals surface area contributed by atoms with Crippen LogP contribution in [0.15, 0.2) is 83.4 Å². The summed E-state index contributed by atoms with van der Waals surface area (Å²) < 4.78 is 12.7. The maximum Gasteiger partial charge on any atom is 0.167 e. The number of hydrogen-bond acceptors (Lipinski definition) is 8. The van der Waals surface area contributed by atoms with Crippen molar-refractivity contribution in [3.05, 3.63) is 89.6 Å². The molecule has 1 N–H and O–H groups in total. The number of hydrogen-bond donors (Lipinski definition) is 1. The first kappa shape index (κ1) is 26.7. The average molecular weight is 555 g/mol. The fraction of sp³-hybridized carbons (Fsp3) is 0.312. The number of thiazole rings is 1. The van der Waals surface area contributed by atoms with Gasteiger partial charge in [0.1, 0.15) is 18.5 Å². The Balaban J connectivity index is 0.977. The van der Waals surface area contributed by atoms with Gasteiger partial charge in [-0.25, -0.2) is 4.98 Å². The van der Waals surface area contributed by atoms with E-state index in [2.05, 4.69) is 75.4 Å². The van der Waals surface area contributed by atoms with Gasteiger partial charge in [-0.1, -0.05) is 59.8 Å². The van der Waals surface area contributed by atoms with Gasteiger partial charge in [-0.3, -0.25) is 9.80 Å². The molecule has 6 rings (SSSR count). The van der Waals surface area contributed by atoms with Crippen molar-refractivity contribution in [3.8, 4) is 28.2 Å². The number of aliphatic hydroxyl groups is 1. The fourth-order valence-corrected chi connectivity index (χ4v) is 6.13. The van der Waals surface area contributed by atoms with Crippen LogP contribution in [0.2, 0.25) is 0 Å². The van der Waals surface area contributed by atoms with Crippen molar-refractivity contribution in [1.29, 1.82) is 0 Å². The van der Waals surface area contributed by atoms with Crippen molar-refractivity contribution < 1.29 is 14.4 Å². The lowest BCUT2D eigenvalue weighted by Gasteiger charge is -2.40. The van der Waals surface area contributed by atoms with Gasteiger partial charge in [-0.05, 0) is 37.1 Å². The Bertz CT molecular complexity index is 1550. The first-order valence-electron chi connectivity index (χ1n) is 13.8. The van der Waals surface area contributed by atoms with Crippen molar-refractivity contribution in [2.24, 2.45) is 0 Å². The lowest BCUT2D eigenvalue weighted by molar-refractivity contribution is 0.0192. The van der Waals surface area contributed by atoms with Crippen molar-refractivity contribution in [1.82, 2.24) is 19.9 Å². The zero-order valence-electron chi connectivity index (χ0n) is 22.9. The van der Waals surface area contributed by atoms with E-state index in [-0.39, 0.29) is 6.61 Å². The van der Waals surface area contributed by atoms with Crippen LogP contribution in [0.25, 0.3) is 32.7 Å². The van der Waals surface area contributed by atoms with Crippen LogP contribution in [-0.2, 0) is 6.54 Å². The molecule has 7 nitrogen and oxygen atoms in total. The summed E-state index contributed by atoms with van der Waals surface area (Å²) in [4.78, 5) is 9.26. The van der Waals surface area contributed by atoms with Crippen LogP contribution >= 0.6 is 11.3 Å². The predicted octanol–water partition coefficient (Wildman–Crippen LogP) is 5.87. The Morgan fingerprint density at radius 1 is 1.00 bits per heavy atom. The minimum absolute atomic E-state index is 0.260. The Morgan fingerprint density at radius 2 is 1.77 bits per heavy atom. The Kier molecular flexibility index (Phi) is 7.93. The molecule has 3 heterocycles. The second-order valence-electron chi connectivity index (χ2n) is 10.5. The lowest BCUT2D eigenvalue weighted by Crippen LogP contribution is -2.53. The van der Waals surface area contributed by atoms with E-state index in [4.69, 9.17) is 9.26 Å². The molecular weight excluding hydrogens is 520 g/mol. The third kappa shape index (κ3) is 6.26. The Labute approximate surface area is 238 Å². The highest BCUT2D eigenvalue weighted by Gasteiger charge is 2.26. The maximum absolute atomic E-state index is 10.7. The minimum atomic E-state index is -0.562. The number of β-amino-alcohol motifs (C(OH)–C–C–N with tert-alkyl or cyclic N) is 1. The molecule has 1 aliphatic rings. The predicted molar refractivity (Wildman–Crippen MR) is 160 cm³/mol. The molecule has 0 bridgehead atoms. The van der Waals surface area contributed by atoms with E-state index in [0.29, 0.717) is 12.6 Å². The van der Waals surface area contributed by atoms with Crippen LogP contribution in [0, 0.1) is 6.92 Å². The first-order chi connectivity index (χ1) is 19.5. The monoisotopic (exact) mass is 554 g/mol. The fourth-order valence-electron chi connectivity index (χ4n) is 5.32. The number of aliphatic hydroxyl groups excluding tert-OH is 1. The standard InChI is InChI=1S/C32H34N4O3S/c1-22-18-35(14-15-36(22)20-28(37)21-38-29-12-13-32-30(17-29)33-23(2)40-32)19-27-16-31(39-34-27)26-10-8-25(9-11-26)24-6-4-3-5-7-24/h3-13,16-17,22,28,37H,14-15,18-21H2,1-2H3/t22-,28-/m0/s1. The van der Waals surface area contributed by atoms with Gasteiger partial charge < -0.3 is 14.4 Å². The molecule has 2 atom stereocenters. The summed E-state index contributed by atoms with van der Waals surface area (Å²) in [6.45, 7) is 8.50. The third-order valence-electron chi connectivity index (χ3n) is 7.42. The molecule has 40 heavy (non-hydrogen) atoms. The van der Waals surface area contributed by atoms with Gasteiger partial charge in [0.2, 0.25) is 0 Å². The molecule has 0 aliphatic carbocycles. The molecule has 0 amide bonds. The van der Waals surface area contributed by atoms with Crippen LogP contribution < -0.4 is 4.74 Å². The van der Waals surface area contributed by atoms with E-state index in [1.54, 1.807) is 11.3 Å². The molecule has 0 unspecified atom stereocenters. The number of rotatable bonds is 9. The summed E-state index contributed by atoms with van der Waals surface area (Å²) in [5.74, 6) is 1.53. The van der Waals surface area contributed by atoms with Gasteiger partial charge in [0, 0.05) is 56.5 Å². The van der Waals surface area contributed by atoms with Crippen LogP contribution in [-0.4, -0.2) is 70.0 Å². The molecule has 0 saturated carbocycles. The molecule has 5 aromatic rings. The van der Waals surface area contributed by atoms with Crippen molar-refractivity contribution >= 4 is 21.6 Å². The zero-order chi connectivity index (χ0) is 27.5. The highest BCUT2D eigenvalue weighted by molar-refractivity contribution is 7.18. The molecule has 1 fully saturated rings. The number of benzene rings is 3. The first-order valence-corrected chi connectivity index (χ1v) is 14.6. The van der Waals surface area contributed by atoms with Crippen LogP contribution in [0.5, 0.6) is 5.75 Å². The molecule has 2 aromatic heterocycles. The summed E-state index contributed by atoms with van der Waals surface area (Å²) >= 11 is 1.67. The number of aryl methyl sites for hydroxylation is 1. The third-order valence-corrected chi connectivity index (χ3v) is 8.38. The second-order valence-corrected chi connectivity index (χ2v) is 11.8. The van der Waals surface area contributed by atoms with Crippen LogP contribution in [0.4, 0.5) is 0 Å². The summed E-state index contributed by atoms with van der Waals surface area (Å²) in [5.41, 5.74) is 5.28. The van der Waals surface area contributed by atoms with E-state index in [0.717, 1.165) is 64.2 Å². The second kappa shape index (κ2) is 11.9. The summed E-state index contributed by atoms with van der Waals surface area (Å²) in [7, 11) is 0. The van der Waals surface area contributed by atoms with Gasteiger partial charge in [0.05, 0.1) is 20.9 Å². The molecule has 0 radical (unpaired) electrons. The molecule has 1 saturated heterocycles. The van der Waals surface area contributed by atoms with E-state index < -0.39 is 6.10 Å². The van der Waals surface area contributed by atoms with Gasteiger partial charge in [0.25, 0.3) is 0 Å². The van der Waals surface area contributed by atoms with E-state index in [1.807, 2.05) is 37.3 Å². The van der Waals surface area contributed by atoms with Crippen molar-refractivity contribution in [3.63, 3.8) is 0 Å². The summed E-state index contributed by atoms with van der Waals surface area (Å²) in [6, 6.07) is 27.0. The highest BCUT2D eigenvalue weighted by atomic mass is 32.1. The Hall–Kier alpha value is -3.56. The van der Waals surface area contributed by atoms with Gasteiger partial charge in [0.15, 0.2) is 5.76 Å². The minimum Gasteiger partial charge on any atom is -0.491 e. The number of ether oxygens (including phenoxy) is 1. The number of aromatic nitrogens is 2. The van der Waals surface area contributed by atoms with E-state index in [9.17, 15) is 5.11 Å². The number of nitrogens with zero attached hydrogens (tertiary/aromatic N) is 4. The van der Waals surface area contributed by atoms with Crippen LogP contribution in [0.3, 0.4) is 0 Å². The number of piperazine rings is 1. The molecular formula is C32H34N4O3S. The van der Waals surface area contributed by atoms with Crippen LogP contribution in [0.1, 0.15) is 17.6 Å². The van der Waals surface area contributed by atoms with Gasteiger partial charge in [-0.2, -0.15) is 0 Å². The zero-order valence-corrected chi connectivity index (χ0v) is 23.7. The SMILES string of the molecule is Cc1nc2cc(OC[C@@H](O)CN3CCN(Cc4cc(-c5ccc(-c6ccccc6)cc5)on4)C[C@@H]3C)ccc2s1. The quantitative estimate of drug-likeness (QED) is 0.244. The van der Waals surface area contributed by atoms with Crippen molar-refractivity contribution in [2.45, 2.75) is 32.5 Å². The lowest BCUT2D eigenvalue weighted by atomic mass is 10.0. The van der Waals surface area contributed by atoms with E-state index >= 15 is 0 Å². The molecule has 0 spiro atoms. The van der Waals surface area contributed by atoms with Crippen molar-refractivity contribution in [2.75, 3.05) is 32.8 Å². The van der Waals surface area contributed by atoms with Gasteiger partial charge in [-0.15, -0.1) is 11.3 Å². The number of fused-ring (bicyclic) bond motifs is 1. The smallest absolute Gasteiger partial charge is 0.167 e. The average Bonchev–Trinajstić information content (AvgIpc) is 3.59. The normalized spacial score (nSPS) is 17.3. The summed E-state index contributed by atoms with van der Waals surface area (Å²) in [6.07, 6.45) is -0.562. The molecule has 8 heteroatoms. The highest BCUT2D eigenvalue weighted by Crippen LogP contribution is 2.27. The molecule has 1 aliphatic heterocycles. The maximum atomic E-state index is 10.7. The Morgan fingerprint density at radius 3 is 2.58 bits per heavy atom. The summed E-state index contributed by atoms with van der Waals surface area (Å²) in [5, 5.41) is 16.1. The van der Waals surface area contributed by atoms with Gasteiger partial charge >= 0.3 is 0 Å². The molecule has 206 valence electrons. The topological polar surface area (TPSA) is 74.9 Å².